The summed E-state index contributed by atoms with van der Waals surface area (Å²) >= 11 is 0. The van der Waals surface area contributed by atoms with Gasteiger partial charge in [-0.2, -0.15) is 0 Å². The molecule has 0 saturated heterocycles. The second-order valence-electron chi connectivity index (χ2n) is 5.64. The average molecular weight is 336 g/mol. The van der Waals surface area contributed by atoms with E-state index in [1.807, 2.05) is 11.0 Å². The number of nitrogens with two attached hydrogens (primary N) is 1. The van der Waals surface area contributed by atoms with E-state index in [4.69, 9.17) is 5.73 Å². The maximum Gasteiger partial charge on any atom is 0.229 e. The fourth-order valence-electron chi connectivity index (χ4n) is 2.44. The van der Waals surface area contributed by atoms with Gasteiger partial charge in [-0.25, -0.2) is 4.39 Å². The molecule has 0 unspecified atom stereocenters. The zero-order valence-electron chi connectivity index (χ0n) is 12.6. The lowest BCUT2D eigenvalue weighted by molar-refractivity contribution is -0.131. The van der Waals surface area contributed by atoms with Crippen LogP contribution >= 0.6 is 12.4 Å². The van der Waals surface area contributed by atoms with Gasteiger partial charge in [0.15, 0.2) is 0 Å². The standard InChI is InChI=1S/C17H18FN3O.ClH/c18-13-3-1-2-12(8-13)11-21(16-6-7-16)17(22)9-15-5-4-14(19)10-20-15;/h1-5,8,10,16H,6-7,9,11,19H2;1H. The molecule has 6 heteroatoms. The maximum absolute atomic E-state index is 13.3. The molecule has 3 rings (SSSR count). The molecule has 0 aliphatic heterocycles. The molecule has 2 N–H and O–H groups in total. The SMILES string of the molecule is Cl.Nc1ccc(CC(=O)N(Cc2cccc(F)c2)C2CC2)nc1. The Labute approximate surface area is 140 Å². The molecular weight excluding hydrogens is 317 g/mol. The molecule has 0 spiro atoms. The summed E-state index contributed by atoms with van der Waals surface area (Å²) in [5.74, 6) is -0.259. The molecule has 0 bridgehead atoms. The normalized spacial score (nSPS) is 13.3. The number of nitrogens with zero attached hydrogens (tertiary/aromatic N) is 2. The Hall–Kier alpha value is -2.14. The average Bonchev–Trinajstić information content (AvgIpc) is 3.32. The number of aromatic nitrogens is 1. The smallest absolute Gasteiger partial charge is 0.229 e. The molecule has 1 aliphatic rings. The van der Waals surface area contributed by atoms with Crippen molar-refractivity contribution in [2.24, 2.45) is 0 Å². The highest BCUT2D eigenvalue weighted by molar-refractivity contribution is 5.85. The first-order chi connectivity index (χ1) is 10.6. The number of halogens is 2. The molecular formula is C17H19ClFN3O. The van der Waals surface area contributed by atoms with Gasteiger partial charge in [-0.15, -0.1) is 12.4 Å². The van der Waals surface area contributed by atoms with E-state index in [2.05, 4.69) is 4.98 Å². The van der Waals surface area contributed by atoms with E-state index in [-0.39, 0.29) is 36.6 Å². The van der Waals surface area contributed by atoms with Crippen LogP contribution in [0.15, 0.2) is 42.6 Å². The highest BCUT2D eigenvalue weighted by atomic mass is 35.5. The molecule has 4 nitrogen and oxygen atoms in total. The van der Waals surface area contributed by atoms with Crippen LogP contribution in [0.2, 0.25) is 0 Å². The summed E-state index contributed by atoms with van der Waals surface area (Å²) in [6.45, 7) is 0.441. The number of benzene rings is 1. The number of hydrogen-bond acceptors (Lipinski definition) is 3. The molecule has 1 aliphatic carbocycles. The van der Waals surface area contributed by atoms with Crippen LogP contribution < -0.4 is 5.73 Å². The summed E-state index contributed by atoms with van der Waals surface area (Å²) in [7, 11) is 0. The van der Waals surface area contributed by atoms with E-state index >= 15 is 0 Å². The Bertz CT molecular complexity index is 674. The Balaban J connectivity index is 0.00000192. The van der Waals surface area contributed by atoms with Gasteiger partial charge >= 0.3 is 0 Å². The van der Waals surface area contributed by atoms with Crippen molar-refractivity contribution in [2.45, 2.75) is 31.8 Å². The summed E-state index contributed by atoms with van der Waals surface area (Å²) in [5.41, 5.74) is 7.69. The van der Waals surface area contributed by atoms with Gasteiger partial charge in [0.05, 0.1) is 18.3 Å². The van der Waals surface area contributed by atoms with Crippen molar-refractivity contribution in [3.8, 4) is 0 Å². The lowest BCUT2D eigenvalue weighted by atomic mass is 10.2. The summed E-state index contributed by atoms with van der Waals surface area (Å²) in [4.78, 5) is 18.5. The maximum atomic E-state index is 13.3. The van der Waals surface area contributed by atoms with Crippen molar-refractivity contribution < 1.29 is 9.18 Å². The van der Waals surface area contributed by atoms with Gasteiger partial charge in [0.1, 0.15) is 5.82 Å². The molecule has 0 atom stereocenters. The van der Waals surface area contributed by atoms with Gasteiger partial charge in [0.25, 0.3) is 0 Å². The summed E-state index contributed by atoms with van der Waals surface area (Å²) in [6, 6.07) is 10.2. The molecule has 1 heterocycles. The van der Waals surface area contributed by atoms with Gasteiger partial charge in [0, 0.05) is 18.3 Å². The first-order valence-electron chi connectivity index (χ1n) is 7.36. The van der Waals surface area contributed by atoms with Crippen molar-refractivity contribution in [1.82, 2.24) is 9.88 Å². The number of hydrogen-bond donors (Lipinski definition) is 1. The predicted molar refractivity (Wildman–Crippen MR) is 89.6 cm³/mol. The van der Waals surface area contributed by atoms with Crippen LogP contribution in [0.5, 0.6) is 0 Å². The Kier molecular flexibility index (Phi) is 5.55. The van der Waals surface area contributed by atoms with E-state index in [0.717, 1.165) is 18.4 Å². The van der Waals surface area contributed by atoms with Gasteiger partial charge < -0.3 is 10.6 Å². The third-order valence-electron chi connectivity index (χ3n) is 3.73. The van der Waals surface area contributed by atoms with E-state index in [1.54, 1.807) is 24.4 Å². The molecule has 1 amide bonds. The van der Waals surface area contributed by atoms with Crippen molar-refractivity contribution >= 4 is 24.0 Å². The minimum Gasteiger partial charge on any atom is -0.397 e. The topological polar surface area (TPSA) is 59.2 Å². The third-order valence-corrected chi connectivity index (χ3v) is 3.73. The summed E-state index contributed by atoms with van der Waals surface area (Å²) < 4.78 is 13.3. The second-order valence-corrected chi connectivity index (χ2v) is 5.64. The lowest BCUT2D eigenvalue weighted by Gasteiger charge is -2.22. The van der Waals surface area contributed by atoms with E-state index < -0.39 is 0 Å². The number of nitrogen functional groups attached to an aromatic ring is 1. The van der Waals surface area contributed by atoms with E-state index in [0.29, 0.717) is 17.9 Å². The predicted octanol–water partition coefficient (Wildman–Crippen LogP) is 2.96. The Morgan fingerprint density at radius 1 is 1.30 bits per heavy atom. The fourth-order valence-corrected chi connectivity index (χ4v) is 2.44. The van der Waals surface area contributed by atoms with Crippen molar-refractivity contribution in [3.05, 3.63) is 59.7 Å². The second kappa shape index (κ2) is 7.42. The fraction of sp³-hybridized carbons (Fsp3) is 0.294. The molecule has 1 saturated carbocycles. The summed E-state index contributed by atoms with van der Waals surface area (Å²) in [5, 5.41) is 0. The number of amides is 1. The largest absolute Gasteiger partial charge is 0.397 e. The molecule has 2 aromatic rings. The highest BCUT2D eigenvalue weighted by Gasteiger charge is 2.32. The molecule has 1 aromatic heterocycles. The number of carbonyl (C=O) groups is 1. The minimum absolute atomic E-state index is 0. The minimum atomic E-state index is -0.277. The van der Waals surface area contributed by atoms with Crippen LogP contribution in [0.4, 0.5) is 10.1 Å². The Morgan fingerprint density at radius 2 is 2.09 bits per heavy atom. The number of pyridine rings is 1. The van der Waals surface area contributed by atoms with Gasteiger partial charge in [-0.3, -0.25) is 9.78 Å². The molecule has 0 radical (unpaired) electrons. The quantitative estimate of drug-likeness (QED) is 0.913. The van der Waals surface area contributed by atoms with Crippen LogP contribution in [0.1, 0.15) is 24.1 Å². The van der Waals surface area contributed by atoms with Crippen molar-refractivity contribution in [3.63, 3.8) is 0 Å². The monoisotopic (exact) mass is 335 g/mol. The van der Waals surface area contributed by atoms with Gasteiger partial charge in [-0.05, 0) is 42.7 Å². The van der Waals surface area contributed by atoms with Crippen molar-refractivity contribution in [2.75, 3.05) is 5.73 Å². The highest BCUT2D eigenvalue weighted by Crippen LogP contribution is 2.29. The third kappa shape index (κ3) is 4.66. The van der Waals surface area contributed by atoms with E-state index in [1.165, 1.54) is 12.1 Å². The van der Waals surface area contributed by atoms with Gasteiger partial charge in [-0.1, -0.05) is 12.1 Å². The van der Waals surface area contributed by atoms with Crippen LogP contribution in [0, 0.1) is 5.82 Å². The number of carbonyl (C=O) groups excluding carboxylic acids is 1. The summed E-state index contributed by atoms with van der Waals surface area (Å²) in [6.07, 6.45) is 3.81. The molecule has 1 fully saturated rings. The zero-order chi connectivity index (χ0) is 15.5. The lowest BCUT2D eigenvalue weighted by Crippen LogP contribution is -2.34. The van der Waals surface area contributed by atoms with Crippen LogP contribution in [-0.2, 0) is 17.8 Å². The van der Waals surface area contributed by atoms with Crippen molar-refractivity contribution in [1.29, 1.82) is 0 Å². The van der Waals surface area contributed by atoms with Gasteiger partial charge in [0.2, 0.25) is 5.91 Å². The van der Waals surface area contributed by atoms with Crippen LogP contribution in [0.3, 0.4) is 0 Å². The van der Waals surface area contributed by atoms with Crippen LogP contribution in [0.25, 0.3) is 0 Å². The Morgan fingerprint density at radius 3 is 2.70 bits per heavy atom. The first kappa shape index (κ1) is 17.2. The molecule has 23 heavy (non-hydrogen) atoms. The molecule has 1 aromatic carbocycles. The first-order valence-corrected chi connectivity index (χ1v) is 7.36. The van der Waals surface area contributed by atoms with E-state index in [9.17, 15) is 9.18 Å². The molecule has 122 valence electrons. The number of anilines is 1. The van der Waals surface area contributed by atoms with Crippen LogP contribution in [-0.4, -0.2) is 21.8 Å². The zero-order valence-corrected chi connectivity index (χ0v) is 13.4. The number of rotatable bonds is 5.